The predicted molar refractivity (Wildman–Crippen MR) is 74.5 cm³/mol. The zero-order valence-electron chi connectivity index (χ0n) is 11.1. The first kappa shape index (κ1) is 12.8. The number of fused-ring (bicyclic) bond motifs is 1. The van der Waals surface area contributed by atoms with E-state index in [1.54, 1.807) is 41.3 Å². The maximum Gasteiger partial charge on any atom is 0.339 e. The maximum absolute atomic E-state index is 11.4. The van der Waals surface area contributed by atoms with Crippen molar-refractivity contribution in [3.8, 4) is 11.8 Å². The minimum absolute atomic E-state index is 0.364. The van der Waals surface area contributed by atoms with Crippen molar-refractivity contribution in [2.75, 3.05) is 7.11 Å². The molecule has 0 aliphatic carbocycles. The standard InChI is InChI=1S/C15H10N4O2/c1-21-15(20)12-8-11(9-16-10-12)2-3-13-5-7-19-14(18-13)4-6-17-19/h4-10H,1H3. The van der Waals surface area contributed by atoms with E-state index in [1.807, 2.05) is 0 Å². The van der Waals surface area contributed by atoms with Gasteiger partial charge in [-0.25, -0.2) is 14.3 Å². The first-order chi connectivity index (χ1) is 10.3. The van der Waals surface area contributed by atoms with Gasteiger partial charge in [-0.05, 0) is 18.1 Å². The normalized spacial score (nSPS) is 9.95. The van der Waals surface area contributed by atoms with Crippen LogP contribution in [-0.2, 0) is 4.74 Å². The molecule has 6 heteroatoms. The molecule has 3 rings (SSSR count). The van der Waals surface area contributed by atoms with Gasteiger partial charge in [-0.2, -0.15) is 5.10 Å². The van der Waals surface area contributed by atoms with E-state index in [4.69, 9.17) is 0 Å². The second-order valence-electron chi connectivity index (χ2n) is 4.15. The van der Waals surface area contributed by atoms with Crippen LogP contribution in [0.4, 0.5) is 0 Å². The summed E-state index contributed by atoms with van der Waals surface area (Å²) in [7, 11) is 1.32. The number of rotatable bonds is 1. The molecule has 102 valence electrons. The van der Waals surface area contributed by atoms with Crippen molar-refractivity contribution in [3.63, 3.8) is 0 Å². The zero-order chi connectivity index (χ0) is 14.7. The highest BCUT2D eigenvalue weighted by Crippen LogP contribution is 2.04. The number of ether oxygens (including phenoxy) is 1. The summed E-state index contributed by atoms with van der Waals surface area (Å²) in [6.45, 7) is 0. The molecule has 0 fully saturated rings. The zero-order valence-corrected chi connectivity index (χ0v) is 11.1. The van der Waals surface area contributed by atoms with Gasteiger partial charge < -0.3 is 4.74 Å². The molecule has 21 heavy (non-hydrogen) atoms. The van der Waals surface area contributed by atoms with Gasteiger partial charge >= 0.3 is 5.97 Å². The first-order valence-corrected chi connectivity index (χ1v) is 6.12. The SMILES string of the molecule is COC(=O)c1cncc(C#Cc2ccn3nccc3n2)c1. The Bertz CT molecular complexity index is 874. The van der Waals surface area contributed by atoms with Gasteiger partial charge in [-0.15, -0.1) is 0 Å². The van der Waals surface area contributed by atoms with Crippen LogP contribution in [0.15, 0.2) is 43.0 Å². The molecule has 0 N–H and O–H groups in total. The summed E-state index contributed by atoms with van der Waals surface area (Å²) in [5.41, 5.74) is 2.33. The van der Waals surface area contributed by atoms with Crippen LogP contribution in [0, 0.1) is 11.8 Å². The maximum atomic E-state index is 11.4. The summed E-state index contributed by atoms with van der Waals surface area (Å²) in [6, 6.07) is 5.19. The van der Waals surface area contributed by atoms with Crippen molar-refractivity contribution in [2.24, 2.45) is 0 Å². The molecule has 0 aliphatic rings. The summed E-state index contributed by atoms with van der Waals surface area (Å²) >= 11 is 0. The Labute approximate surface area is 120 Å². The lowest BCUT2D eigenvalue weighted by Gasteiger charge is -1.98. The minimum Gasteiger partial charge on any atom is -0.465 e. The van der Waals surface area contributed by atoms with Crippen molar-refractivity contribution in [3.05, 3.63) is 59.8 Å². The average Bonchev–Trinajstić information content (AvgIpc) is 3.00. The molecule has 0 unspecified atom stereocenters. The second-order valence-corrected chi connectivity index (χ2v) is 4.15. The summed E-state index contributed by atoms with van der Waals surface area (Å²) < 4.78 is 6.30. The molecule has 0 aromatic carbocycles. The molecule has 0 amide bonds. The minimum atomic E-state index is -0.440. The van der Waals surface area contributed by atoms with Crippen LogP contribution in [0.2, 0.25) is 0 Å². The fourth-order valence-corrected chi connectivity index (χ4v) is 1.76. The fourth-order valence-electron chi connectivity index (χ4n) is 1.76. The van der Waals surface area contributed by atoms with Crippen LogP contribution in [-0.4, -0.2) is 32.7 Å². The number of pyridine rings is 1. The van der Waals surface area contributed by atoms with E-state index in [1.165, 1.54) is 13.3 Å². The van der Waals surface area contributed by atoms with E-state index in [2.05, 4.69) is 31.6 Å². The van der Waals surface area contributed by atoms with E-state index < -0.39 is 5.97 Å². The lowest BCUT2D eigenvalue weighted by molar-refractivity contribution is 0.0600. The molecular weight excluding hydrogens is 268 g/mol. The first-order valence-electron chi connectivity index (χ1n) is 6.12. The Hall–Kier alpha value is -3.20. The van der Waals surface area contributed by atoms with Gasteiger partial charge in [0, 0.05) is 30.2 Å². The van der Waals surface area contributed by atoms with Crippen LogP contribution in [0.3, 0.4) is 0 Å². The molecule has 0 aliphatic heterocycles. The molecule has 6 nitrogen and oxygen atoms in total. The number of esters is 1. The van der Waals surface area contributed by atoms with Crippen molar-refractivity contribution >= 4 is 11.6 Å². The lowest BCUT2D eigenvalue weighted by atomic mass is 10.2. The molecule has 0 bridgehead atoms. The van der Waals surface area contributed by atoms with Gasteiger partial charge in [-0.3, -0.25) is 4.98 Å². The van der Waals surface area contributed by atoms with Gasteiger partial charge in [-0.1, -0.05) is 5.92 Å². The topological polar surface area (TPSA) is 69.4 Å². The largest absolute Gasteiger partial charge is 0.465 e. The van der Waals surface area contributed by atoms with Crippen molar-refractivity contribution in [2.45, 2.75) is 0 Å². The van der Waals surface area contributed by atoms with Crippen LogP contribution in [0.5, 0.6) is 0 Å². The quantitative estimate of drug-likeness (QED) is 0.496. The Balaban J connectivity index is 1.91. The van der Waals surface area contributed by atoms with Crippen LogP contribution < -0.4 is 0 Å². The number of aromatic nitrogens is 4. The van der Waals surface area contributed by atoms with E-state index in [-0.39, 0.29) is 0 Å². The number of hydrogen-bond acceptors (Lipinski definition) is 5. The van der Waals surface area contributed by atoms with Crippen LogP contribution in [0.1, 0.15) is 21.6 Å². The van der Waals surface area contributed by atoms with Gasteiger partial charge in [0.25, 0.3) is 0 Å². The molecule has 3 aromatic rings. The summed E-state index contributed by atoms with van der Waals surface area (Å²) in [6.07, 6.45) is 6.48. The number of carbonyl (C=O) groups excluding carboxylic acids is 1. The highest BCUT2D eigenvalue weighted by atomic mass is 16.5. The van der Waals surface area contributed by atoms with E-state index in [0.29, 0.717) is 16.8 Å². The van der Waals surface area contributed by atoms with Crippen molar-refractivity contribution in [1.29, 1.82) is 0 Å². The average molecular weight is 278 g/mol. The van der Waals surface area contributed by atoms with Crippen LogP contribution >= 0.6 is 0 Å². The Morgan fingerprint density at radius 2 is 2.19 bits per heavy atom. The van der Waals surface area contributed by atoms with E-state index >= 15 is 0 Å². The molecular formula is C15H10N4O2. The molecule has 0 radical (unpaired) electrons. The van der Waals surface area contributed by atoms with Crippen molar-refractivity contribution < 1.29 is 9.53 Å². The molecule has 3 aromatic heterocycles. The molecule has 0 atom stereocenters. The number of methoxy groups -OCH3 is 1. The third-order valence-corrected chi connectivity index (χ3v) is 2.75. The van der Waals surface area contributed by atoms with Crippen molar-refractivity contribution in [1.82, 2.24) is 19.6 Å². The third-order valence-electron chi connectivity index (χ3n) is 2.75. The van der Waals surface area contributed by atoms with Gasteiger partial charge in [0.2, 0.25) is 0 Å². The summed E-state index contributed by atoms with van der Waals surface area (Å²) in [4.78, 5) is 19.7. The summed E-state index contributed by atoms with van der Waals surface area (Å²) in [5.74, 6) is 5.42. The van der Waals surface area contributed by atoms with E-state index in [9.17, 15) is 4.79 Å². The highest BCUT2D eigenvalue weighted by molar-refractivity contribution is 5.89. The van der Waals surface area contributed by atoms with Gasteiger partial charge in [0.05, 0.1) is 18.9 Å². The Morgan fingerprint density at radius 3 is 3.05 bits per heavy atom. The highest BCUT2D eigenvalue weighted by Gasteiger charge is 2.05. The monoisotopic (exact) mass is 278 g/mol. The molecule has 3 heterocycles. The molecule has 0 saturated heterocycles. The lowest BCUT2D eigenvalue weighted by Crippen LogP contribution is -2.01. The van der Waals surface area contributed by atoms with Gasteiger partial charge in [0.1, 0.15) is 5.69 Å². The van der Waals surface area contributed by atoms with Gasteiger partial charge in [0.15, 0.2) is 5.65 Å². The number of nitrogens with zero attached hydrogens (tertiary/aromatic N) is 4. The fraction of sp³-hybridized carbons (Fsp3) is 0.0667. The van der Waals surface area contributed by atoms with E-state index in [0.717, 1.165) is 5.65 Å². The Morgan fingerprint density at radius 1 is 1.29 bits per heavy atom. The third kappa shape index (κ3) is 2.72. The van der Waals surface area contributed by atoms with Crippen LogP contribution in [0.25, 0.3) is 5.65 Å². The summed E-state index contributed by atoms with van der Waals surface area (Å²) in [5, 5.41) is 4.06. The number of hydrogen-bond donors (Lipinski definition) is 0. The molecule has 0 saturated carbocycles. The second kappa shape index (κ2) is 5.43. The predicted octanol–water partition coefficient (Wildman–Crippen LogP) is 1.31. The number of carbonyl (C=O) groups is 1. The Kier molecular flexibility index (Phi) is 3.31. The smallest absolute Gasteiger partial charge is 0.339 e. The molecule has 0 spiro atoms.